The predicted molar refractivity (Wildman–Crippen MR) is 130 cm³/mol. The molecule has 3 aromatic carbocycles. The van der Waals surface area contributed by atoms with Crippen LogP contribution in [0.2, 0.25) is 0 Å². The van der Waals surface area contributed by atoms with E-state index < -0.39 is 0 Å². The monoisotopic (exact) mass is 467 g/mol. The van der Waals surface area contributed by atoms with Gasteiger partial charge in [-0.1, -0.05) is 36.4 Å². The van der Waals surface area contributed by atoms with Crippen molar-refractivity contribution < 1.29 is 13.9 Å². The van der Waals surface area contributed by atoms with Gasteiger partial charge in [-0.3, -0.25) is 4.79 Å². The number of benzene rings is 3. The first kappa shape index (κ1) is 21.1. The molecule has 5 aromatic rings. The highest BCUT2D eigenvalue weighted by Crippen LogP contribution is 2.40. The second-order valence-electron chi connectivity index (χ2n) is 8.63. The molecule has 0 bridgehead atoms. The molecule has 6 rings (SSSR count). The number of anilines is 1. The maximum absolute atomic E-state index is 13.1. The Balaban J connectivity index is 1.29. The van der Waals surface area contributed by atoms with E-state index in [1.54, 1.807) is 16.8 Å². The van der Waals surface area contributed by atoms with Gasteiger partial charge < -0.3 is 15.0 Å². The summed E-state index contributed by atoms with van der Waals surface area (Å²) in [5.74, 6) is 1.42. The van der Waals surface area contributed by atoms with Crippen LogP contribution in [-0.4, -0.2) is 25.7 Å². The Kier molecular flexibility index (Phi) is 5.06. The predicted octanol–water partition coefficient (Wildman–Crippen LogP) is 5.25. The number of hydrogen-bond acceptors (Lipinski definition) is 4. The van der Waals surface area contributed by atoms with Gasteiger partial charge in [-0.15, -0.1) is 0 Å². The zero-order valence-corrected chi connectivity index (χ0v) is 19.0. The van der Waals surface area contributed by atoms with Crippen molar-refractivity contribution in [1.29, 1.82) is 0 Å². The Labute approximate surface area is 200 Å². The highest BCUT2D eigenvalue weighted by atomic mass is 19.1. The number of nitrogens with zero attached hydrogens (tertiary/aromatic N) is 3. The van der Waals surface area contributed by atoms with Gasteiger partial charge in [0, 0.05) is 17.9 Å². The van der Waals surface area contributed by atoms with Crippen molar-refractivity contribution in [2.24, 2.45) is 0 Å². The van der Waals surface area contributed by atoms with Crippen molar-refractivity contribution in [3.63, 3.8) is 0 Å². The van der Waals surface area contributed by atoms with Gasteiger partial charge in [-0.25, -0.2) is 9.37 Å². The normalized spacial score (nSPS) is 15.1. The van der Waals surface area contributed by atoms with Crippen LogP contribution in [0, 0.1) is 12.7 Å². The number of ether oxygens (including phenoxy) is 1. The zero-order chi connectivity index (χ0) is 23.9. The quantitative estimate of drug-likeness (QED) is 0.370. The summed E-state index contributed by atoms with van der Waals surface area (Å²) in [5, 5.41) is 7.71. The fourth-order valence-electron chi connectivity index (χ4n) is 4.57. The average molecular weight is 468 g/mol. The fraction of sp³-hybridized carbons (Fsp3) is 0.148. The van der Waals surface area contributed by atoms with E-state index in [0.29, 0.717) is 30.5 Å². The summed E-state index contributed by atoms with van der Waals surface area (Å²) in [5.41, 5.74) is 5.44. The minimum Gasteiger partial charge on any atom is -0.489 e. The molecule has 0 unspecified atom stereocenters. The van der Waals surface area contributed by atoms with E-state index >= 15 is 0 Å². The lowest BCUT2D eigenvalue weighted by atomic mass is 9.86. The Morgan fingerprint density at radius 1 is 1.06 bits per heavy atom. The molecule has 8 heteroatoms. The highest BCUT2D eigenvalue weighted by molar-refractivity contribution is 5.95. The van der Waals surface area contributed by atoms with E-state index in [2.05, 4.69) is 15.3 Å². The number of rotatable bonds is 5. The third kappa shape index (κ3) is 3.93. The van der Waals surface area contributed by atoms with E-state index in [0.717, 1.165) is 33.4 Å². The van der Waals surface area contributed by atoms with E-state index in [4.69, 9.17) is 9.84 Å². The Hall–Kier alpha value is -4.46. The molecule has 0 fully saturated rings. The van der Waals surface area contributed by atoms with Crippen LogP contribution in [0.3, 0.4) is 0 Å². The second kappa shape index (κ2) is 8.39. The first-order chi connectivity index (χ1) is 17.0. The van der Waals surface area contributed by atoms with Gasteiger partial charge in [0.25, 0.3) is 0 Å². The van der Waals surface area contributed by atoms with Crippen LogP contribution in [-0.2, 0) is 11.4 Å². The summed E-state index contributed by atoms with van der Waals surface area (Å²) in [6.45, 7) is 2.29. The van der Waals surface area contributed by atoms with E-state index in [1.165, 1.54) is 12.1 Å². The number of fused-ring (bicyclic) bond motifs is 2. The molecule has 35 heavy (non-hydrogen) atoms. The number of halogens is 1. The number of aromatic amines is 1. The molecule has 7 nitrogen and oxygen atoms in total. The standard InChI is InChI=1S/C27H22FN5O2/c1-16-25-21(18-8-12-20(13-9-18)35-15-17-6-10-19(28)11-7-17)14-24(34)31-26(25)33(32-16)27-29-22-4-2-3-5-23(22)30-27/h2-13,21H,14-15H2,1H3,(H,29,30)(H,31,34)/t21-/m1/s1. The minimum atomic E-state index is -0.270. The van der Waals surface area contributed by atoms with Crippen LogP contribution in [0.4, 0.5) is 10.2 Å². The van der Waals surface area contributed by atoms with Crippen LogP contribution >= 0.6 is 0 Å². The molecule has 3 heterocycles. The van der Waals surface area contributed by atoms with Crippen molar-refractivity contribution in [3.8, 4) is 11.7 Å². The van der Waals surface area contributed by atoms with E-state index in [1.807, 2.05) is 55.5 Å². The number of para-hydroxylation sites is 2. The lowest BCUT2D eigenvalue weighted by Gasteiger charge is -2.24. The van der Waals surface area contributed by atoms with Crippen molar-refractivity contribution in [3.05, 3.63) is 101 Å². The third-order valence-corrected chi connectivity index (χ3v) is 6.28. The number of H-pyrrole nitrogens is 1. The molecular formula is C27H22FN5O2. The van der Waals surface area contributed by atoms with Crippen molar-refractivity contribution in [1.82, 2.24) is 19.7 Å². The topological polar surface area (TPSA) is 84.8 Å². The number of carbonyl (C=O) groups is 1. The number of hydrogen-bond donors (Lipinski definition) is 2. The maximum Gasteiger partial charge on any atom is 0.231 e. The number of carbonyl (C=O) groups excluding carboxylic acids is 1. The van der Waals surface area contributed by atoms with Crippen LogP contribution in [0.15, 0.2) is 72.8 Å². The molecule has 1 aliphatic heterocycles. The zero-order valence-electron chi connectivity index (χ0n) is 19.0. The fourth-order valence-corrected chi connectivity index (χ4v) is 4.57. The largest absolute Gasteiger partial charge is 0.489 e. The van der Waals surface area contributed by atoms with Crippen molar-refractivity contribution in [2.75, 3.05) is 5.32 Å². The first-order valence-electron chi connectivity index (χ1n) is 11.4. The summed E-state index contributed by atoms with van der Waals surface area (Å²) in [6, 6.07) is 21.7. The lowest BCUT2D eigenvalue weighted by Crippen LogP contribution is -2.25. The van der Waals surface area contributed by atoms with Gasteiger partial charge >= 0.3 is 0 Å². The third-order valence-electron chi connectivity index (χ3n) is 6.28. The van der Waals surface area contributed by atoms with Crippen LogP contribution in [0.1, 0.15) is 34.7 Å². The lowest BCUT2D eigenvalue weighted by molar-refractivity contribution is -0.116. The Morgan fingerprint density at radius 3 is 2.60 bits per heavy atom. The molecule has 1 aliphatic rings. The minimum absolute atomic E-state index is 0.0728. The summed E-state index contributed by atoms with van der Waals surface area (Å²) in [6.07, 6.45) is 0.329. The molecule has 0 saturated carbocycles. The van der Waals surface area contributed by atoms with Crippen molar-refractivity contribution in [2.45, 2.75) is 25.9 Å². The van der Waals surface area contributed by atoms with E-state index in [9.17, 15) is 9.18 Å². The highest BCUT2D eigenvalue weighted by Gasteiger charge is 2.33. The molecule has 0 saturated heterocycles. The molecule has 1 atom stereocenters. The van der Waals surface area contributed by atoms with Crippen molar-refractivity contribution >= 4 is 22.8 Å². The maximum atomic E-state index is 13.1. The SMILES string of the molecule is Cc1nn(-c2nc3ccccc3[nH]2)c2c1[C@@H](c1ccc(OCc3ccc(F)cc3)cc1)CC(=O)N2. The molecule has 0 radical (unpaired) electrons. The smallest absolute Gasteiger partial charge is 0.231 e. The Bertz CT molecular complexity index is 1500. The Morgan fingerprint density at radius 2 is 1.83 bits per heavy atom. The second-order valence-corrected chi connectivity index (χ2v) is 8.63. The van der Waals surface area contributed by atoms with Gasteiger partial charge in [-0.05, 0) is 54.4 Å². The average Bonchev–Trinajstić information content (AvgIpc) is 3.44. The number of amides is 1. The summed E-state index contributed by atoms with van der Waals surface area (Å²) < 4.78 is 20.6. The summed E-state index contributed by atoms with van der Waals surface area (Å²) in [7, 11) is 0. The van der Waals surface area contributed by atoms with Gasteiger partial charge in [0.2, 0.25) is 11.9 Å². The van der Waals surface area contributed by atoms with Crippen LogP contribution in [0.5, 0.6) is 5.75 Å². The summed E-state index contributed by atoms with van der Waals surface area (Å²) >= 11 is 0. The summed E-state index contributed by atoms with van der Waals surface area (Å²) in [4.78, 5) is 20.6. The first-order valence-corrected chi connectivity index (χ1v) is 11.4. The number of nitrogens with one attached hydrogen (secondary N) is 2. The van der Waals surface area contributed by atoms with Crippen LogP contribution < -0.4 is 10.1 Å². The van der Waals surface area contributed by atoms with Gasteiger partial charge in [0.05, 0.1) is 16.7 Å². The molecule has 0 spiro atoms. The number of aromatic nitrogens is 4. The molecule has 2 aromatic heterocycles. The molecule has 1 amide bonds. The molecule has 2 N–H and O–H groups in total. The van der Waals surface area contributed by atoms with Gasteiger partial charge in [0.1, 0.15) is 24.0 Å². The number of aryl methyl sites for hydroxylation is 1. The van der Waals surface area contributed by atoms with Gasteiger partial charge in [0.15, 0.2) is 0 Å². The molecule has 0 aliphatic carbocycles. The van der Waals surface area contributed by atoms with Gasteiger partial charge in [-0.2, -0.15) is 9.78 Å². The van der Waals surface area contributed by atoms with E-state index in [-0.39, 0.29) is 17.6 Å². The molecule has 174 valence electrons. The van der Waals surface area contributed by atoms with Crippen LogP contribution in [0.25, 0.3) is 17.0 Å². The number of imidazole rings is 1. The molecular weight excluding hydrogens is 445 g/mol.